The molecular formula is C59H81ClN10O15S. The van der Waals surface area contributed by atoms with Gasteiger partial charge in [0, 0.05) is 65.3 Å². The van der Waals surface area contributed by atoms with Gasteiger partial charge in [0.1, 0.15) is 47.0 Å². The number of rotatable bonds is 22. The van der Waals surface area contributed by atoms with Crippen molar-refractivity contribution in [2.24, 2.45) is 17.6 Å². The van der Waals surface area contributed by atoms with E-state index in [1.807, 2.05) is 26.8 Å². The average molecular weight is 1240 g/mol. The number of benzene rings is 2. The van der Waals surface area contributed by atoms with Gasteiger partial charge in [0.15, 0.2) is 10.8 Å². The molecule has 2 aromatic carbocycles. The molecule has 470 valence electrons. The Morgan fingerprint density at radius 3 is 2.37 bits per heavy atom. The highest BCUT2D eigenvalue weighted by atomic mass is 35.5. The Balaban J connectivity index is 1.20. The summed E-state index contributed by atoms with van der Waals surface area (Å²) in [6, 6.07) is 5.62. The number of allylic oxidation sites excluding steroid dienone is 3. The van der Waals surface area contributed by atoms with E-state index in [0.29, 0.717) is 37.2 Å². The number of esters is 1. The van der Waals surface area contributed by atoms with E-state index in [9.17, 15) is 48.6 Å². The van der Waals surface area contributed by atoms with Gasteiger partial charge in [-0.3, -0.25) is 39.5 Å². The molecule has 11 atom stereocenters. The van der Waals surface area contributed by atoms with E-state index >= 15 is 0 Å². The summed E-state index contributed by atoms with van der Waals surface area (Å²) in [5.41, 5.74) is 3.93. The quantitative estimate of drug-likeness (QED) is 0.0203. The fourth-order valence-corrected chi connectivity index (χ4v) is 11.1. The number of para-hydroxylation sites is 1. The van der Waals surface area contributed by atoms with Gasteiger partial charge in [0.25, 0.3) is 17.7 Å². The zero-order chi connectivity index (χ0) is 63.4. The SMILES string of the molecule is COc1cc2cc(c1Cl)N(C)C(=O)C[C@H](OC(=O)[C@H](C)N(C)C(=O)c1ccccc1NC(=O)[C@H](CCCNC(N)=O)NC(O)[C@@H](NC(=S)NCCCCN1C(=O)C=CC1=O)C(C)C)[C@]1(C)O[C@H]1[C@H](C)[C@@H]1C[C@@](O)(NC(=O)O1)[C@H](OC)/C=C/C=C(\C)C2. The Morgan fingerprint density at radius 2 is 1.71 bits per heavy atom. The number of likely N-dealkylation sites (N-methyl/N-ethyl adjacent to an activating group) is 1. The first-order chi connectivity index (χ1) is 40.6. The third kappa shape index (κ3) is 17.1. The number of nitrogens with zero attached hydrogens (tertiary/aromatic N) is 3. The lowest BCUT2D eigenvalue weighted by Crippen LogP contribution is -2.63. The molecule has 2 aromatic rings. The van der Waals surface area contributed by atoms with Crippen molar-refractivity contribution < 1.29 is 72.3 Å². The summed E-state index contributed by atoms with van der Waals surface area (Å²) in [7, 11) is 5.74. The second kappa shape index (κ2) is 29.9. The van der Waals surface area contributed by atoms with E-state index in [1.165, 1.54) is 64.4 Å². The van der Waals surface area contributed by atoms with E-state index in [2.05, 4.69) is 31.9 Å². The number of epoxide rings is 1. The van der Waals surface area contributed by atoms with Gasteiger partial charge in [0.2, 0.25) is 11.8 Å². The van der Waals surface area contributed by atoms with Gasteiger partial charge in [-0.15, -0.1) is 0 Å². The number of nitrogens with one attached hydrogen (secondary N) is 6. The van der Waals surface area contributed by atoms with Crippen molar-refractivity contribution in [3.05, 3.63) is 88.5 Å². The standard InChI is InChI=1S/C59H81ClN10O15S/c1-32(2)49(66-56(86)63-24-13-14-26-70-45(71)22-23-46(70)72)52(75)65-39(20-16-25-62-55(61)78)51(74)64-38-19-12-11-18-37(38)53(76)68(7)35(5)54(77)84-44-30-47(73)69(8)40-28-36(29-41(81-9)48(40)60)27-33(3)17-15-21-43(82-10)59(80)31-42(83-57(79)67-59)34(4)50-58(44,6)85-50/h11-12,15,17-19,21-23,28-29,32,34-35,39,42-44,49-50,52,65,75,80H,13-14,16,20,24-27,30-31H2,1-10H3,(H,64,74)(H,67,79)(H3,61,62,78)(H2,63,66,86)/b21-15+,33-17+/t34-,35+,39+,42+,43-,44+,49+,50+,52?,58+,59+/m1/s1. The van der Waals surface area contributed by atoms with Crippen LogP contribution in [0.4, 0.5) is 21.0 Å². The molecular weight excluding hydrogens is 1160 g/mol. The van der Waals surface area contributed by atoms with Crippen molar-refractivity contribution in [1.29, 1.82) is 0 Å². The van der Waals surface area contributed by atoms with Crippen LogP contribution in [0.5, 0.6) is 5.75 Å². The lowest BCUT2D eigenvalue weighted by molar-refractivity contribution is -0.158. The lowest BCUT2D eigenvalue weighted by atomic mass is 9.83. The maximum Gasteiger partial charge on any atom is 0.409 e. The Hall–Kier alpha value is -7.20. The summed E-state index contributed by atoms with van der Waals surface area (Å²) in [6.07, 6.45) is 2.37. The summed E-state index contributed by atoms with van der Waals surface area (Å²) < 4.78 is 29.7. The molecule has 0 aromatic heterocycles. The average Bonchev–Trinajstić information content (AvgIpc) is 1.70. The van der Waals surface area contributed by atoms with Crippen molar-refractivity contribution in [3.8, 4) is 5.75 Å². The normalized spacial score (nSPS) is 25.5. The summed E-state index contributed by atoms with van der Waals surface area (Å²) >= 11 is 12.4. The van der Waals surface area contributed by atoms with Crippen LogP contribution in [0.3, 0.4) is 0 Å². The molecule has 2 fully saturated rings. The molecule has 0 saturated carbocycles. The smallest absolute Gasteiger partial charge is 0.409 e. The lowest BCUT2D eigenvalue weighted by Gasteiger charge is -2.42. The molecule has 1 unspecified atom stereocenters. The summed E-state index contributed by atoms with van der Waals surface area (Å²) in [4.78, 5) is 110. The predicted molar refractivity (Wildman–Crippen MR) is 323 cm³/mol. The number of ether oxygens (including phenoxy) is 5. The van der Waals surface area contributed by atoms with Gasteiger partial charge < -0.3 is 70.7 Å². The molecule has 4 aliphatic heterocycles. The molecule has 10 N–H and O–H groups in total. The third-order valence-electron chi connectivity index (χ3n) is 15.9. The molecule has 8 amide bonds. The van der Waals surface area contributed by atoms with Crippen LogP contribution < -0.4 is 47.3 Å². The number of alkyl carbamates (subject to hydrolysis) is 1. The summed E-state index contributed by atoms with van der Waals surface area (Å²) in [6.45, 7) is 11.1. The van der Waals surface area contributed by atoms with Crippen LogP contribution >= 0.6 is 23.8 Å². The van der Waals surface area contributed by atoms with Crippen LogP contribution in [0.2, 0.25) is 5.02 Å². The third-order valence-corrected chi connectivity index (χ3v) is 16.5. The molecule has 4 heterocycles. The van der Waals surface area contributed by atoms with Gasteiger partial charge in [-0.25, -0.2) is 14.4 Å². The number of imide groups is 1. The van der Waals surface area contributed by atoms with Crippen LogP contribution in [-0.2, 0) is 49.3 Å². The van der Waals surface area contributed by atoms with E-state index in [-0.39, 0.29) is 71.5 Å². The number of fused-ring (bicyclic) bond motifs is 5. The number of unbranched alkanes of at least 4 members (excludes halogenated alkanes) is 1. The number of nitrogens with two attached hydrogens (primary N) is 1. The van der Waals surface area contributed by atoms with Gasteiger partial charge in [-0.1, -0.05) is 68.3 Å². The first-order valence-electron chi connectivity index (χ1n) is 28.4. The van der Waals surface area contributed by atoms with E-state index < -0.39 is 108 Å². The van der Waals surface area contributed by atoms with E-state index in [0.717, 1.165) is 20.9 Å². The highest BCUT2D eigenvalue weighted by Crippen LogP contribution is 2.49. The maximum absolute atomic E-state index is 14.6. The van der Waals surface area contributed by atoms with Crippen LogP contribution in [0.1, 0.15) is 96.0 Å². The minimum absolute atomic E-state index is 0.0240. The summed E-state index contributed by atoms with van der Waals surface area (Å²) in [5, 5.41) is 40.9. The molecule has 27 heteroatoms. The Morgan fingerprint density at radius 1 is 1.02 bits per heavy atom. The van der Waals surface area contributed by atoms with Crippen molar-refractivity contribution >= 4 is 87.9 Å². The molecule has 2 saturated heterocycles. The van der Waals surface area contributed by atoms with Crippen LogP contribution in [-0.4, -0.2) is 181 Å². The number of thiocarbonyl (C=S) groups is 1. The molecule has 86 heavy (non-hydrogen) atoms. The topological polar surface area (TPSA) is 334 Å². The Labute approximate surface area is 511 Å². The number of hydrogen-bond donors (Lipinski definition) is 9. The number of primary amides is 1. The Bertz CT molecular complexity index is 2950. The van der Waals surface area contributed by atoms with Crippen molar-refractivity contribution in [3.63, 3.8) is 0 Å². The van der Waals surface area contributed by atoms with E-state index in [1.54, 1.807) is 50.3 Å². The minimum Gasteiger partial charge on any atom is -0.495 e. The van der Waals surface area contributed by atoms with Crippen LogP contribution in [0, 0.1) is 11.8 Å². The molecule has 6 rings (SSSR count). The number of hydrogen-bond acceptors (Lipinski definition) is 17. The largest absolute Gasteiger partial charge is 0.495 e. The molecule has 0 radical (unpaired) electrons. The van der Waals surface area contributed by atoms with Gasteiger partial charge in [-0.2, -0.15) is 0 Å². The van der Waals surface area contributed by atoms with Crippen LogP contribution in [0.25, 0.3) is 0 Å². The van der Waals surface area contributed by atoms with Gasteiger partial charge >= 0.3 is 18.1 Å². The maximum atomic E-state index is 14.6. The Kier molecular flexibility index (Phi) is 23.6. The first-order valence-corrected chi connectivity index (χ1v) is 29.2. The molecule has 4 bridgehead atoms. The monoisotopic (exact) mass is 1240 g/mol. The van der Waals surface area contributed by atoms with E-state index in [4.69, 9.17) is 53.2 Å². The minimum atomic E-state index is -1.93. The zero-order valence-corrected chi connectivity index (χ0v) is 51.7. The number of amides is 8. The second-order valence-electron chi connectivity index (χ2n) is 22.5. The fourth-order valence-electron chi connectivity index (χ4n) is 10.5. The number of carbonyl (C=O) groups excluding carboxylic acids is 8. The zero-order valence-electron chi connectivity index (χ0n) is 50.1. The van der Waals surface area contributed by atoms with Crippen molar-refractivity contribution in [2.45, 2.75) is 147 Å². The first kappa shape index (κ1) is 67.9. The number of anilines is 2. The number of aliphatic hydroxyl groups is 2. The van der Waals surface area contributed by atoms with Crippen molar-refractivity contribution in [1.82, 2.24) is 36.4 Å². The number of carbonyl (C=O) groups is 8. The number of aliphatic hydroxyl groups excluding tert-OH is 1. The van der Waals surface area contributed by atoms with Gasteiger partial charge in [-0.05, 0) is 101 Å². The highest BCUT2D eigenvalue weighted by Gasteiger charge is 2.64. The summed E-state index contributed by atoms with van der Waals surface area (Å²) in [5.74, 6) is -4.17. The molecule has 4 aliphatic rings. The van der Waals surface area contributed by atoms with Gasteiger partial charge in [0.05, 0.1) is 48.7 Å². The predicted octanol–water partition coefficient (Wildman–Crippen LogP) is 3.69. The fraction of sp³-hybridized carbons (Fsp3) is 0.542. The van der Waals surface area contributed by atoms with Crippen LogP contribution in [0.15, 0.2) is 72.4 Å². The molecule has 0 spiro atoms. The highest BCUT2D eigenvalue weighted by molar-refractivity contribution is 7.80. The number of urea groups is 1. The second-order valence-corrected chi connectivity index (χ2v) is 23.3. The van der Waals surface area contributed by atoms with Crippen molar-refractivity contribution in [2.75, 3.05) is 58.2 Å². The number of methoxy groups -OCH3 is 2. The molecule has 0 aliphatic carbocycles. The molecule has 25 nitrogen and oxygen atoms in total. The number of halogens is 1.